The van der Waals surface area contributed by atoms with Crippen LogP contribution in [0, 0.1) is 24.0 Å². The van der Waals surface area contributed by atoms with Crippen LogP contribution in [-0.2, 0) is 6.54 Å². The smallest absolute Gasteiger partial charge is 0.337 e. The Balaban J connectivity index is 2.10. The second-order valence-electron chi connectivity index (χ2n) is 5.10. The summed E-state index contributed by atoms with van der Waals surface area (Å²) >= 11 is 0. The summed E-state index contributed by atoms with van der Waals surface area (Å²) in [6.07, 6.45) is 0. The molecule has 1 aromatic carbocycles. The average molecular weight is 299 g/mol. The Hall–Kier alpha value is -2.96. The molecule has 0 bridgehead atoms. The van der Waals surface area contributed by atoms with E-state index in [0.29, 0.717) is 17.8 Å². The number of nitrogens with zero attached hydrogens (tertiary/aromatic N) is 3. The second-order valence-corrected chi connectivity index (χ2v) is 5.10. The van der Waals surface area contributed by atoms with Crippen LogP contribution in [0.15, 0.2) is 39.5 Å². The molecule has 0 aliphatic carbocycles. The number of hydrogen-bond donors (Lipinski definition) is 0. The van der Waals surface area contributed by atoms with E-state index >= 15 is 0 Å². The van der Waals surface area contributed by atoms with Crippen molar-refractivity contribution in [1.82, 2.24) is 9.78 Å². The largest absolute Gasteiger partial charge is 0.404 e. The first-order chi connectivity index (χ1) is 10.5. The normalized spacial score (nSPS) is 11.0. The zero-order valence-corrected chi connectivity index (χ0v) is 12.1. The molecule has 112 valence electrons. The van der Waals surface area contributed by atoms with Crippen molar-refractivity contribution in [2.75, 3.05) is 0 Å². The highest BCUT2D eigenvalue weighted by molar-refractivity contribution is 5.80. The fraction of sp³-hybridized carbons (Fsp3) is 0.200. The maximum Gasteiger partial charge on any atom is 0.337 e. The molecule has 0 spiro atoms. The standard InChI is InChI=1S/C15H13N3O4/c1-9-6-13(19)22-15-14(9)10(2)16-17(15)8-11-4-3-5-12(7-11)18(20)21/h3-7H,8H2,1-2H3. The summed E-state index contributed by atoms with van der Waals surface area (Å²) in [5.41, 5.74) is 2.22. The summed E-state index contributed by atoms with van der Waals surface area (Å²) < 4.78 is 6.81. The van der Waals surface area contributed by atoms with Gasteiger partial charge in [0.1, 0.15) is 0 Å². The number of rotatable bonds is 3. The van der Waals surface area contributed by atoms with Crippen LogP contribution in [0.1, 0.15) is 16.8 Å². The van der Waals surface area contributed by atoms with E-state index in [9.17, 15) is 14.9 Å². The van der Waals surface area contributed by atoms with E-state index in [1.165, 1.54) is 18.2 Å². The molecule has 3 aromatic rings. The van der Waals surface area contributed by atoms with Crippen molar-refractivity contribution in [3.05, 3.63) is 67.7 Å². The van der Waals surface area contributed by atoms with Crippen molar-refractivity contribution in [2.45, 2.75) is 20.4 Å². The van der Waals surface area contributed by atoms with Gasteiger partial charge in [-0.2, -0.15) is 5.10 Å². The van der Waals surface area contributed by atoms with Gasteiger partial charge in [0.2, 0.25) is 5.71 Å². The number of aromatic nitrogens is 2. The molecule has 0 saturated heterocycles. The Bertz CT molecular complexity index is 940. The molecule has 0 aliphatic rings. The van der Waals surface area contributed by atoms with Gasteiger partial charge < -0.3 is 4.42 Å². The van der Waals surface area contributed by atoms with Crippen LogP contribution in [0.4, 0.5) is 5.69 Å². The maximum atomic E-state index is 11.6. The average Bonchev–Trinajstić information content (AvgIpc) is 2.75. The molecule has 7 heteroatoms. The molecule has 2 heterocycles. The lowest BCUT2D eigenvalue weighted by molar-refractivity contribution is -0.384. The monoisotopic (exact) mass is 299 g/mol. The molecular formula is C15H13N3O4. The zero-order chi connectivity index (χ0) is 15.9. The predicted molar refractivity (Wildman–Crippen MR) is 79.9 cm³/mol. The van der Waals surface area contributed by atoms with Crippen molar-refractivity contribution in [2.24, 2.45) is 0 Å². The minimum absolute atomic E-state index is 0.0170. The highest BCUT2D eigenvalue weighted by atomic mass is 16.6. The summed E-state index contributed by atoms with van der Waals surface area (Å²) in [5, 5.41) is 16.0. The SMILES string of the molecule is Cc1cc(=O)oc2c1c(C)nn2Cc1cccc([N+](=O)[O-])c1. The Morgan fingerprint density at radius 1 is 1.32 bits per heavy atom. The minimum Gasteiger partial charge on any atom is -0.404 e. The lowest BCUT2D eigenvalue weighted by atomic mass is 10.2. The van der Waals surface area contributed by atoms with E-state index in [2.05, 4.69) is 5.10 Å². The third kappa shape index (κ3) is 2.37. The van der Waals surface area contributed by atoms with Gasteiger partial charge >= 0.3 is 5.63 Å². The van der Waals surface area contributed by atoms with E-state index in [1.54, 1.807) is 16.8 Å². The minimum atomic E-state index is -0.444. The first-order valence-electron chi connectivity index (χ1n) is 6.67. The van der Waals surface area contributed by atoms with E-state index < -0.39 is 10.5 Å². The number of fused-ring (bicyclic) bond motifs is 1. The van der Waals surface area contributed by atoms with E-state index in [0.717, 1.165) is 16.6 Å². The Labute approximate surface area is 124 Å². The maximum absolute atomic E-state index is 11.6. The number of nitro benzene ring substituents is 1. The number of hydrogen-bond acceptors (Lipinski definition) is 5. The highest BCUT2D eigenvalue weighted by Gasteiger charge is 2.14. The summed E-state index contributed by atoms with van der Waals surface area (Å²) in [6.45, 7) is 3.95. The van der Waals surface area contributed by atoms with Crippen LogP contribution >= 0.6 is 0 Å². The number of aryl methyl sites for hydroxylation is 2. The van der Waals surface area contributed by atoms with Gasteiger partial charge in [-0.15, -0.1) is 0 Å². The first-order valence-corrected chi connectivity index (χ1v) is 6.67. The molecule has 7 nitrogen and oxygen atoms in total. The lowest BCUT2D eigenvalue weighted by Crippen LogP contribution is -2.05. The second kappa shape index (κ2) is 5.10. The molecule has 0 fully saturated rings. The Morgan fingerprint density at radius 3 is 2.82 bits per heavy atom. The molecule has 0 radical (unpaired) electrons. The molecule has 0 unspecified atom stereocenters. The molecule has 0 saturated carbocycles. The van der Waals surface area contributed by atoms with Crippen LogP contribution in [0.2, 0.25) is 0 Å². The zero-order valence-electron chi connectivity index (χ0n) is 12.1. The topological polar surface area (TPSA) is 91.2 Å². The third-order valence-corrected chi connectivity index (χ3v) is 3.46. The number of nitro groups is 1. The van der Waals surface area contributed by atoms with Gasteiger partial charge in [0, 0.05) is 18.2 Å². The van der Waals surface area contributed by atoms with Crippen LogP contribution in [0.3, 0.4) is 0 Å². The molecule has 22 heavy (non-hydrogen) atoms. The Morgan fingerprint density at radius 2 is 2.09 bits per heavy atom. The van der Waals surface area contributed by atoms with Gasteiger partial charge in [-0.25, -0.2) is 9.48 Å². The van der Waals surface area contributed by atoms with Crippen LogP contribution < -0.4 is 5.63 Å². The van der Waals surface area contributed by atoms with Gasteiger partial charge in [0.05, 0.1) is 22.5 Å². The summed E-state index contributed by atoms with van der Waals surface area (Å²) in [6, 6.07) is 7.73. The van der Waals surface area contributed by atoms with Gasteiger partial charge in [-0.05, 0) is 25.0 Å². The van der Waals surface area contributed by atoms with E-state index in [-0.39, 0.29) is 5.69 Å². The fourth-order valence-corrected chi connectivity index (χ4v) is 2.54. The van der Waals surface area contributed by atoms with E-state index in [1.807, 2.05) is 13.8 Å². The van der Waals surface area contributed by atoms with Crippen molar-refractivity contribution in [3.8, 4) is 0 Å². The predicted octanol–water partition coefficient (Wildman–Crippen LogP) is 2.56. The fourth-order valence-electron chi connectivity index (χ4n) is 2.54. The Kier molecular flexibility index (Phi) is 3.25. The molecule has 0 aliphatic heterocycles. The molecular weight excluding hydrogens is 286 g/mol. The summed E-state index contributed by atoms with van der Waals surface area (Å²) in [5.74, 6) is 0. The van der Waals surface area contributed by atoms with Crippen molar-refractivity contribution in [3.63, 3.8) is 0 Å². The molecule has 0 atom stereocenters. The molecule has 0 amide bonds. The quantitative estimate of drug-likeness (QED) is 0.547. The number of non-ortho nitro benzene ring substituents is 1. The van der Waals surface area contributed by atoms with Gasteiger partial charge in [0.25, 0.3) is 5.69 Å². The van der Waals surface area contributed by atoms with Crippen LogP contribution in [0.5, 0.6) is 0 Å². The van der Waals surface area contributed by atoms with Crippen LogP contribution in [-0.4, -0.2) is 14.7 Å². The molecule has 2 aromatic heterocycles. The van der Waals surface area contributed by atoms with Gasteiger partial charge in [0.15, 0.2) is 0 Å². The summed E-state index contributed by atoms with van der Waals surface area (Å²) in [4.78, 5) is 22.0. The van der Waals surface area contributed by atoms with Crippen molar-refractivity contribution < 1.29 is 9.34 Å². The third-order valence-electron chi connectivity index (χ3n) is 3.46. The summed E-state index contributed by atoms with van der Waals surface area (Å²) in [7, 11) is 0. The van der Waals surface area contributed by atoms with Crippen molar-refractivity contribution >= 4 is 16.8 Å². The van der Waals surface area contributed by atoms with Gasteiger partial charge in [-0.1, -0.05) is 12.1 Å². The number of benzene rings is 1. The molecule has 0 N–H and O–H groups in total. The lowest BCUT2D eigenvalue weighted by Gasteiger charge is -2.03. The first kappa shape index (κ1) is 14.0. The van der Waals surface area contributed by atoms with Gasteiger partial charge in [-0.3, -0.25) is 10.1 Å². The van der Waals surface area contributed by atoms with E-state index in [4.69, 9.17) is 4.42 Å². The molecule has 3 rings (SSSR count). The van der Waals surface area contributed by atoms with Crippen LogP contribution in [0.25, 0.3) is 11.1 Å². The highest BCUT2D eigenvalue weighted by Crippen LogP contribution is 2.22. The van der Waals surface area contributed by atoms with Crippen molar-refractivity contribution in [1.29, 1.82) is 0 Å².